The normalized spacial score (nSPS) is 11.2. The number of aromatic nitrogens is 2. The van der Waals surface area contributed by atoms with Gasteiger partial charge < -0.3 is 5.11 Å². The second-order valence-electron chi connectivity index (χ2n) is 5.31. The van der Waals surface area contributed by atoms with Gasteiger partial charge in [0.25, 0.3) is 0 Å². The van der Waals surface area contributed by atoms with Gasteiger partial charge in [-0.3, -0.25) is 4.57 Å². The van der Waals surface area contributed by atoms with Crippen LogP contribution in [-0.2, 0) is 6.61 Å². The highest BCUT2D eigenvalue weighted by atomic mass is 16.3. The zero-order chi connectivity index (χ0) is 14.3. The van der Waals surface area contributed by atoms with E-state index in [-0.39, 0.29) is 6.61 Å². The van der Waals surface area contributed by atoms with E-state index in [0.717, 1.165) is 27.8 Å². The van der Waals surface area contributed by atoms with E-state index in [1.165, 1.54) is 11.1 Å². The first-order valence-corrected chi connectivity index (χ1v) is 6.75. The van der Waals surface area contributed by atoms with Crippen LogP contribution in [0, 0.1) is 20.8 Å². The molecule has 1 heterocycles. The molecule has 0 saturated carbocycles. The minimum atomic E-state index is 0.0785. The maximum absolute atomic E-state index is 9.26. The van der Waals surface area contributed by atoms with E-state index in [1.54, 1.807) is 0 Å². The smallest absolute Gasteiger partial charge is 0.100 e. The number of nitrogens with zero attached hydrogens (tertiary/aromatic N) is 2. The minimum absolute atomic E-state index is 0.0785. The summed E-state index contributed by atoms with van der Waals surface area (Å²) in [6, 6.07) is 10.4. The molecule has 3 nitrogen and oxygen atoms in total. The molecule has 3 aromatic rings. The molecule has 0 fully saturated rings. The molecule has 0 radical (unpaired) electrons. The molecule has 3 heteroatoms. The molecule has 0 spiro atoms. The fraction of sp³-hybridized carbons (Fsp3) is 0.235. The van der Waals surface area contributed by atoms with Crippen molar-refractivity contribution in [1.82, 2.24) is 9.55 Å². The maximum Gasteiger partial charge on any atom is 0.100 e. The molecule has 102 valence electrons. The second-order valence-corrected chi connectivity index (χ2v) is 5.31. The maximum atomic E-state index is 9.26. The summed E-state index contributed by atoms with van der Waals surface area (Å²) >= 11 is 0. The Morgan fingerprint density at radius 1 is 1.00 bits per heavy atom. The van der Waals surface area contributed by atoms with E-state index < -0.39 is 0 Å². The number of aliphatic hydroxyl groups excluding tert-OH is 1. The van der Waals surface area contributed by atoms with Crippen LogP contribution in [0.25, 0.3) is 16.7 Å². The molecule has 0 bridgehead atoms. The van der Waals surface area contributed by atoms with Gasteiger partial charge in [-0.15, -0.1) is 0 Å². The Morgan fingerprint density at radius 3 is 2.45 bits per heavy atom. The molecule has 20 heavy (non-hydrogen) atoms. The van der Waals surface area contributed by atoms with Crippen LogP contribution in [-0.4, -0.2) is 14.7 Å². The highest BCUT2D eigenvalue weighted by Gasteiger charge is 2.07. The summed E-state index contributed by atoms with van der Waals surface area (Å²) < 4.78 is 2.09. The molecule has 0 atom stereocenters. The standard InChI is InChI=1S/C17H18N2O/c1-11-7-16-17(8-12(11)2)19(10-18-16)15-5-4-14(9-20)13(3)6-15/h4-8,10,20H,9H2,1-3H3. The summed E-state index contributed by atoms with van der Waals surface area (Å²) in [6.45, 7) is 6.32. The van der Waals surface area contributed by atoms with Crippen LogP contribution in [0.3, 0.4) is 0 Å². The van der Waals surface area contributed by atoms with Gasteiger partial charge in [0.1, 0.15) is 6.33 Å². The number of hydrogen-bond acceptors (Lipinski definition) is 2. The predicted molar refractivity (Wildman–Crippen MR) is 81.2 cm³/mol. The molecule has 3 rings (SSSR count). The van der Waals surface area contributed by atoms with Crippen molar-refractivity contribution < 1.29 is 5.11 Å². The van der Waals surface area contributed by atoms with E-state index in [4.69, 9.17) is 0 Å². The van der Waals surface area contributed by atoms with Gasteiger partial charge in [-0.25, -0.2) is 4.98 Å². The van der Waals surface area contributed by atoms with Crippen molar-refractivity contribution in [2.75, 3.05) is 0 Å². The van der Waals surface area contributed by atoms with Gasteiger partial charge in [0.15, 0.2) is 0 Å². The number of imidazole rings is 1. The predicted octanol–water partition coefficient (Wildman–Crippen LogP) is 3.44. The Balaban J connectivity index is 2.19. The molecule has 1 aromatic heterocycles. The molecule has 2 aromatic carbocycles. The second kappa shape index (κ2) is 4.76. The number of aliphatic hydroxyl groups is 1. The fourth-order valence-corrected chi connectivity index (χ4v) is 2.48. The molecule has 0 unspecified atom stereocenters. The lowest BCUT2D eigenvalue weighted by molar-refractivity contribution is 0.281. The van der Waals surface area contributed by atoms with E-state index in [0.29, 0.717) is 0 Å². The van der Waals surface area contributed by atoms with E-state index in [2.05, 4.69) is 41.6 Å². The molecule has 0 aliphatic heterocycles. The summed E-state index contributed by atoms with van der Waals surface area (Å²) in [5.74, 6) is 0. The number of benzene rings is 2. The molecule has 0 amide bonds. The van der Waals surface area contributed by atoms with Crippen molar-refractivity contribution in [3.05, 3.63) is 58.9 Å². The summed E-state index contributed by atoms with van der Waals surface area (Å²) in [7, 11) is 0. The van der Waals surface area contributed by atoms with Crippen molar-refractivity contribution >= 4 is 11.0 Å². The lowest BCUT2D eigenvalue weighted by Crippen LogP contribution is -1.96. The lowest BCUT2D eigenvalue weighted by Gasteiger charge is -2.09. The zero-order valence-electron chi connectivity index (χ0n) is 12.0. The van der Waals surface area contributed by atoms with Gasteiger partial charge in [0.2, 0.25) is 0 Å². The van der Waals surface area contributed by atoms with Gasteiger partial charge >= 0.3 is 0 Å². The quantitative estimate of drug-likeness (QED) is 0.771. The topological polar surface area (TPSA) is 38.0 Å². The first kappa shape index (κ1) is 12.9. The Labute approximate surface area is 118 Å². The van der Waals surface area contributed by atoms with Crippen molar-refractivity contribution in [1.29, 1.82) is 0 Å². The molecule has 1 N–H and O–H groups in total. The van der Waals surface area contributed by atoms with Crippen LogP contribution >= 0.6 is 0 Å². The Hall–Kier alpha value is -2.13. The highest BCUT2D eigenvalue weighted by molar-refractivity contribution is 5.79. The lowest BCUT2D eigenvalue weighted by atomic mass is 10.1. The number of aryl methyl sites for hydroxylation is 3. The van der Waals surface area contributed by atoms with Gasteiger partial charge in [-0.05, 0) is 67.3 Å². The first-order valence-electron chi connectivity index (χ1n) is 6.75. The third kappa shape index (κ3) is 2.00. The Morgan fingerprint density at radius 2 is 1.75 bits per heavy atom. The average Bonchev–Trinajstić information content (AvgIpc) is 2.82. The van der Waals surface area contributed by atoms with Gasteiger partial charge in [0, 0.05) is 5.69 Å². The van der Waals surface area contributed by atoms with Gasteiger partial charge in [-0.1, -0.05) is 6.07 Å². The van der Waals surface area contributed by atoms with E-state index in [9.17, 15) is 5.11 Å². The summed E-state index contributed by atoms with van der Waals surface area (Å²) in [6.07, 6.45) is 1.86. The van der Waals surface area contributed by atoms with Crippen LogP contribution in [0.15, 0.2) is 36.7 Å². The Kier molecular flexibility index (Phi) is 3.07. The Bertz CT molecular complexity index is 787. The van der Waals surface area contributed by atoms with E-state index >= 15 is 0 Å². The third-order valence-corrected chi connectivity index (χ3v) is 3.94. The molecule has 0 aliphatic carbocycles. The number of hydrogen-bond donors (Lipinski definition) is 1. The highest BCUT2D eigenvalue weighted by Crippen LogP contribution is 2.23. The van der Waals surface area contributed by atoms with Crippen molar-refractivity contribution in [3.8, 4) is 5.69 Å². The molecular formula is C17H18N2O. The monoisotopic (exact) mass is 266 g/mol. The third-order valence-electron chi connectivity index (χ3n) is 3.94. The molecule has 0 saturated heterocycles. The summed E-state index contributed by atoms with van der Waals surface area (Å²) in [5, 5.41) is 9.26. The average molecular weight is 266 g/mol. The largest absolute Gasteiger partial charge is 0.392 e. The van der Waals surface area contributed by atoms with Gasteiger partial charge in [-0.2, -0.15) is 0 Å². The van der Waals surface area contributed by atoms with Crippen molar-refractivity contribution in [2.45, 2.75) is 27.4 Å². The van der Waals surface area contributed by atoms with Crippen LogP contribution < -0.4 is 0 Å². The first-order chi connectivity index (χ1) is 9.60. The van der Waals surface area contributed by atoms with Crippen LogP contribution in [0.2, 0.25) is 0 Å². The van der Waals surface area contributed by atoms with E-state index in [1.807, 2.05) is 25.4 Å². The molecule has 0 aliphatic rings. The van der Waals surface area contributed by atoms with Gasteiger partial charge in [0.05, 0.1) is 17.6 Å². The minimum Gasteiger partial charge on any atom is -0.392 e. The van der Waals surface area contributed by atoms with Crippen LogP contribution in [0.4, 0.5) is 0 Å². The number of rotatable bonds is 2. The molecular weight excluding hydrogens is 248 g/mol. The van der Waals surface area contributed by atoms with Crippen molar-refractivity contribution in [2.24, 2.45) is 0 Å². The van der Waals surface area contributed by atoms with Crippen LogP contribution in [0.5, 0.6) is 0 Å². The fourth-order valence-electron chi connectivity index (χ4n) is 2.48. The zero-order valence-corrected chi connectivity index (χ0v) is 12.0. The van der Waals surface area contributed by atoms with Crippen molar-refractivity contribution in [3.63, 3.8) is 0 Å². The summed E-state index contributed by atoms with van der Waals surface area (Å²) in [5.41, 5.74) is 7.78. The van der Waals surface area contributed by atoms with Crippen LogP contribution in [0.1, 0.15) is 22.3 Å². The summed E-state index contributed by atoms with van der Waals surface area (Å²) in [4.78, 5) is 4.48. The number of fused-ring (bicyclic) bond motifs is 1. The SMILES string of the molecule is Cc1cc2ncn(-c3ccc(CO)c(C)c3)c2cc1C.